The van der Waals surface area contributed by atoms with Crippen molar-refractivity contribution in [3.05, 3.63) is 108 Å². The highest BCUT2D eigenvalue weighted by molar-refractivity contribution is 6.40. The zero-order valence-corrected chi connectivity index (χ0v) is 23.9. The molecule has 0 aliphatic carbocycles. The fourth-order valence-corrected chi connectivity index (χ4v) is 4.09. The number of carbonyl (C=O) groups excluding carboxylic acids is 3. The molecule has 0 atom stereocenters. The van der Waals surface area contributed by atoms with E-state index in [4.69, 9.17) is 28.8 Å². The van der Waals surface area contributed by atoms with E-state index >= 15 is 0 Å². The molecule has 3 aromatic rings. The Morgan fingerprint density at radius 1 is 0.628 bits per heavy atom. The van der Waals surface area contributed by atoms with Crippen molar-refractivity contribution in [2.75, 3.05) is 39.6 Å². The Hall–Kier alpha value is -4.42. The number of ketones is 1. The van der Waals surface area contributed by atoms with Crippen LogP contribution in [0.5, 0.6) is 0 Å². The fraction of sp³-hybridized carbons (Fsp3) is 0.312. The highest BCUT2D eigenvalue weighted by Crippen LogP contribution is 2.33. The summed E-state index contributed by atoms with van der Waals surface area (Å²) in [5.41, 5.74) is 1.55. The summed E-state index contributed by atoms with van der Waals surface area (Å²) in [5.74, 6) is -5.95. The van der Waals surface area contributed by atoms with E-state index in [2.05, 4.69) is 4.74 Å². The third-order valence-corrected chi connectivity index (χ3v) is 6.02. The molecule has 3 aromatic carbocycles. The number of esters is 2. The maximum atomic E-state index is 11.9. The summed E-state index contributed by atoms with van der Waals surface area (Å²) >= 11 is 0. The van der Waals surface area contributed by atoms with Crippen molar-refractivity contribution in [3.8, 4) is 0 Å². The second kappa shape index (κ2) is 16.3. The third-order valence-electron chi connectivity index (χ3n) is 6.02. The molecule has 2 aliphatic heterocycles. The second-order valence-electron chi connectivity index (χ2n) is 8.80. The number of carboxylic acids is 1. The number of Topliss-reactive ketones (excluding diaryl/α,β-unsaturated/α-hetero) is 1. The van der Waals surface area contributed by atoms with Gasteiger partial charge in [-0.1, -0.05) is 91.0 Å². The summed E-state index contributed by atoms with van der Waals surface area (Å²) in [6.45, 7) is 5.35. The molecule has 0 radical (unpaired) electrons. The fourth-order valence-electron chi connectivity index (χ4n) is 4.09. The van der Waals surface area contributed by atoms with Crippen LogP contribution < -0.4 is 0 Å². The van der Waals surface area contributed by atoms with Crippen LogP contribution in [0.4, 0.5) is 0 Å². The minimum Gasteiger partial charge on any atom is -0.477 e. The Bertz CT molecular complexity index is 1320. The smallest absolute Gasteiger partial charge is 0.379 e. The van der Waals surface area contributed by atoms with E-state index < -0.39 is 35.3 Å². The first kappa shape index (κ1) is 33.1. The molecule has 0 amide bonds. The number of ether oxygens (including phenoxy) is 6. The number of aliphatic carboxylic acids is 1. The van der Waals surface area contributed by atoms with Crippen LogP contribution in [0.15, 0.2) is 91.0 Å². The van der Waals surface area contributed by atoms with Gasteiger partial charge in [0, 0.05) is 16.7 Å². The summed E-state index contributed by atoms with van der Waals surface area (Å²) < 4.78 is 30.8. The molecule has 0 saturated carbocycles. The normalized spacial score (nSPS) is 16.0. The molecule has 11 heteroatoms. The largest absolute Gasteiger partial charge is 0.477 e. The van der Waals surface area contributed by atoms with Crippen molar-refractivity contribution in [2.24, 2.45) is 0 Å². The van der Waals surface area contributed by atoms with E-state index in [1.54, 1.807) is 80.6 Å². The van der Waals surface area contributed by atoms with E-state index in [0.717, 1.165) is 0 Å². The first-order valence-electron chi connectivity index (χ1n) is 13.6. The van der Waals surface area contributed by atoms with Gasteiger partial charge in [-0.05, 0) is 13.8 Å². The molecular weight excluding hydrogens is 560 g/mol. The van der Waals surface area contributed by atoms with E-state index in [-0.39, 0.29) is 6.61 Å². The van der Waals surface area contributed by atoms with Gasteiger partial charge in [-0.2, -0.15) is 0 Å². The van der Waals surface area contributed by atoms with Crippen LogP contribution in [0.25, 0.3) is 0 Å². The van der Waals surface area contributed by atoms with Crippen LogP contribution in [0.2, 0.25) is 0 Å². The topological polar surface area (TPSA) is 144 Å². The van der Waals surface area contributed by atoms with E-state index in [1.165, 1.54) is 0 Å². The van der Waals surface area contributed by atoms with E-state index in [0.29, 0.717) is 49.7 Å². The molecule has 5 rings (SSSR count). The van der Waals surface area contributed by atoms with Crippen molar-refractivity contribution in [2.45, 2.75) is 25.4 Å². The average molecular weight is 595 g/mol. The Balaban J connectivity index is 0.000000178. The number of hydrogen-bond acceptors (Lipinski definition) is 10. The monoisotopic (exact) mass is 594 g/mol. The van der Waals surface area contributed by atoms with Gasteiger partial charge in [0.1, 0.15) is 0 Å². The van der Waals surface area contributed by atoms with Gasteiger partial charge in [0.15, 0.2) is 0 Å². The first-order chi connectivity index (χ1) is 20.8. The van der Waals surface area contributed by atoms with Crippen molar-refractivity contribution in [3.63, 3.8) is 0 Å². The summed E-state index contributed by atoms with van der Waals surface area (Å²) in [6.07, 6.45) is 0. The molecule has 43 heavy (non-hydrogen) atoms. The summed E-state index contributed by atoms with van der Waals surface area (Å²) in [5, 5.41) is 9.07. The highest BCUT2D eigenvalue weighted by atomic mass is 16.8. The van der Waals surface area contributed by atoms with Crippen LogP contribution in [0.3, 0.4) is 0 Å². The Morgan fingerprint density at radius 2 is 1.02 bits per heavy atom. The van der Waals surface area contributed by atoms with E-state index in [1.807, 2.05) is 24.3 Å². The second-order valence-corrected chi connectivity index (χ2v) is 8.80. The van der Waals surface area contributed by atoms with Crippen molar-refractivity contribution in [1.29, 1.82) is 0 Å². The summed E-state index contributed by atoms with van der Waals surface area (Å²) in [4.78, 5) is 45.2. The van der Waals surface area contributed by atoms with Crippen LogP contribution in [0.1, 0.15) is 35.3 Å². The Kier molecular flexibility index (Phi) is 12.5. The van der Waals surface area contributed by atoms with Crippen LogP contribution in [-0.2, 0) is 54.4 Å². The summed E-state index contributed by atoms with van der Waals surface area (Å²) in [6, 6.07) is 26.2. The predicted octanol–water partition coefficient (Wildman–Crippen LogP) is 3.85. The molecule has 0 unspecified atom stereocenters. The molecule has 228 valence electrons. The first-order valence-corrected chi connectivity index (χ1v) is 13.6. The summed E-state index contributed by atoms with van der Waals surface area (Å²) in [7, 11) is 0. The van der Waals surface area contributed by atoms with Gasteiger partial charge in [0.05, 0.1) is 39.6 Å². The highest BCUT2D eigenvalue weighted by Gasteiger charge is 2.48. The van der Waals surface area contributed by atoms with Gasteiger partial charge in [0.25, 0.3) is 17.4 Å². The van der Waals surface area contributed by atoms with Gasteiger partial charge in [-0.25, -0.2) is 14.4 Å². The SMILES string of the molecule is CCOC(=O)C(=O)c1ccccc1.CCOC(=O)C1(c2ccccc2)OCCO1.O=C(O)C1(c2ccccc2)OCCO1. The van der Waals surface area contributed by atoms with Crippen LogP contribution >= 0.6 is 0 Å². The number of carboxylic acid groups (broad SMARTS) is 1. The molecular formula is C32H34O11. The molecule has 1 N–H and O–H groups in total. The van der Waals surface area contributed by atoms with Crippen LogP contribution in [0, 0.1) is 0 Å². The van der Waals surface area contributed by atoms with E-state index in [9.17, 15) is 19.2 Å². The van der Waals surface area contributed by atoms with Gasteiger partial charge in [0.2, 0.25) is 0 Å². The standard InChI is InChI=1S/C12H14O4.C10H10O4.C10H10O3/c1-2-14-11(13)12(15-8-9-16-12)10-6-4-3-5-7-10;11-9(12)10(13-6-7-14-10)8-4-2-1-3-5-8;1-2-13-10(12)9(11)8-6-4-3-5-7-8/h3-7H,2,8-9H2,1H3;1-5H,6-7H2,(H,11,12);3-7H,2H2,1H3. The van der Waals surface area contributed by atoms with Gasteiger partial charge in [-0.15, -0.1) is 0 Å². The minimum absolute atomic E-state index is 0.220. The molecule has 2 heterocycles. The molecule has 2 saturated heterocycles. The van der Waals surface area contributed by atoms with Crippen molar-refractivity contribution >= 4 is 23.7 Å². The van der Waals surface area contributed by atoms with Crippen molar-refractivity contribution in [1.82, 2.24) is 0 Å². The lowest BCUT2D eigenvalue weighted by molar-refractivity contribution is -0.211. The number of hydrogen-bond donors (Lipinski definition) is 1. The third kappa shape index (κ3) is 8.33. The lowest BCUT2D eigenvalue weighted by Crippen LogP contribution is -2.38. The van der Waals surface area contributed by atoms with Gasteiger partial charge < -0.3 is 33.5 Å². The zero-order valence-electron chi connectivity index (χ0n) is 23.9. The maximum Gasteiger partial charge on any atom is 0.379 e. The zero-order chi connectivity index (χ0) is 31.1. The van der Waals surface area contributed by atoms with Crippen LogP contribution in [-0.4, -0.2) is 68.4 Å². The maximum absolute atomic E-state index is 11.9. The number of carbonyl (C=O) groups is 4. The molecule has 0 aromatic heterocycles. The number of benzene rings is 3. The average Bonchev–Trinajstić information content (AvgIpc) is 3.75. The Morgan fingerprint density at radius 3 is 1.44 bits per heavy atom. The van der Waals surface area contributed by atoms with Crippen molar-refractivity contribution < 1.29 is 52.7 Å². The quantitative estimate of drug-likeness (QED) is 0.231. The minimum atomic E-state index is -1.60. The molecule has 2 aliphatic rings. The number of rotatable bonds is 8. The Labute approximate surface area is 249 Å². The molecule has 11 nitrogen and oxygen atoms in total. The molecule has 0 spiro atoms. The molecule has 2 fully saturated rings. The lowest BCUT2D eigenvalue weighted by atomic mass is 10.1. The van der Waals surface area contributed by atoms with Gasteiger partial charge in [-0.3, -0.25) is 4.79 Å². The lowest BCUT2D eigenvalue weighted by Gasteiger charge is -2.24. The predicted molar refractivity (Wildman–Crippen MR) is 152 cm³/mol. The van der Waals surface area contributed by atoms with Gasteiger partial charge >= 0.3 is 17.9 Å². The molecule has 0 bridgehead atoms.